The van der Waals surface area contributed by atoms with E-state index in [1.54, 1.807) is 0 Å². The number of halogens is 2. The number of anilines is 1. The van der Waals surface area contributed by atoms with Crippen molar-refractivity contribution in [2.45, 2.75) is 31.1 Å². The molecule has 25 heavy (non-hydrogen) atoms. The van der Waals surface area contributed by atoms with Gasteiger partial charge in [-0.3, -0.25) is 4.79 Å². The minimum atomic E-state index is 0. The lowest BCUT2D eigenvalue weighted by Crippen LogP contribution is -2.34. The predicted octanol–water partition coefficient (Wildman–Crippen LogP) is 4.58. The van der Waals surface area contributed by atoms with Crippen LogP contribution in [0.25, 0.3) is 0 Å². The van der Waals surface area contributed by atoms with Gasteiger partial charge in [0.25, 0.3) is 0 Å². The van der Waals surface area contributed by atoms with Crippen LogP contribution in [0.1, 0.15) is 30.4 Å². The number of carbonyl (C=O) groups is 1. The van der Waals surface area contributed by atoms with Crippen molar-refractivity contribution >= 4 is 39.9 Å². The number of benzene rings is 2. The molecule has 0 saturated heterocycles. The average Bonchev–Trinajstić information content (AvgIpc) is 3.35. The van der Waals surface area contributed by atoms with E-state index in [9.17, 15) is 4.79 Å². The van der Waals surface area contributed by atoms with Crippen LogP contribution in [0, 0.1) is 0 Å². The number of nitrogen functional groups attached to an aromatic ring is 1. The van der Waals surface area contributed by atoms with E-state index < -0.39 is 0 Å². The summed E-state index contributed by atoms with van der Waals surface area (Å²) in [6.45, 7) is 0.789. The van der Waals surface area contributed by atoms with Gasteiger partial charge in [0.05, 0.1) is 0 Å². The number of carbonyl (C=O) groups excluding carboxylic acids is 1. The van der Waals surface area contributed by atoms with Crippen molar-refractivity contribution in [3.05, 3.63) is 64.1 Å². The van der Waals surface area contributed by atoms with Crippen LogP contribution in [0.15, 0.2) is 53.0 Å². The van der Waals surface area contributed by atoms with E-state index in [1.165, 1.54) is 5.56 Å². The predicted molar refractivity (Wildman–Crippen MR) is 109 cm³/mol. The maximum atomic E-state index is 12.5. The molecule has 3 rings (SSSR count). The Kier molecular flexibility index (Phi) is 6.53. The summed E-state index contributed by atoms with van der Waals surface area (Å²) in [4.78, 5) is 14.4. The molecule has 0 unspecified atom stereocenters. The average molecular weight is 424 g/mol. The standard InChI is InChI=1S/C20H23BrN2O.ClH/c1-23(19(24)11-6-15-4-2-3-5-18(15)22)14-20(12-13-20)16-7-9-17(21)10-8-16;/h2-5,7-10H,6,11-14,22H2,1H3;1H. The number of hydrogen-bond donors (Lipinski definition) is 1. The van der Waals surface area contributed by atoms with Crippen molar-refractivity contribution in [3.63, 3.8) is 0 Å². The Labute approximate surface area is 164 Å². The Balaban J connectivity index is 0.00000225. The number of nitrogens with zero attached hydrogens (tertiary/aromatic N) is 1. The van der Waals surface area contributed by atoms with Gasteiger partial charge in [-0.15, -0.1) is 12.4 Å². The zero-order valence-electron chi connectivity index (χ0n) is 14.4. The summed E-state index contributed by atoms with van der Waals surface area (Å²) >= 11 is 3.48. The van der Waals surface area contributed by atoms with Crippen molar-refractivity contribution in [2.24, 2.45) is 0 Å². The fourth-order valence-corrected chi connectivity index (χ4v) is 3.49. The second-order valence-corrected chi connectivity index (χ2v) is 7.65. The number of rotatable bonds is 6. The molecule has 134 valence electrons. The monoisotopic (exact) mass is 422 g/mol. The first kappa shape index (κ1) is 19.8. The van der Waals surface area contributed by atoms with Crippen molar-refractivity contribution in [2.75, 3.05) is 19.3 Å². The number of nitrogens with two attached hydrogens (primary N) is 1. The van der Waals surface area contributed by atoms with E-state index in [4.69, 9.17) is 5.73 Å². The molecule has 1 amide bonds. The van der Waals surface area contributed by atoms with E-state index in [0.29, 0.717) is 12.8 Å². The maximum absolute atomic E-state index is 12.5. The molecule has 1 fully saturated rings. The molecule has 5 heteroatoms. The molecule has 0 heterocycles. The molecule has 0 aromatic heterocycles. The molecule has 1 saturated carbocycles. The summed E-state index contributed by atoms with van der Waals surface area (Å²) in [5, 5.41) is 0. The first-order valence-corrected chi connectivity index (χ1v) is 9.13. The van der Waals surface area contributed by atoms with Gasteiger partial charge in [-0.05, 0) is 48.6 Å². The van der Waals surface area contributed by atoms with Crippen LogP contribution in [-0.4, -0.2) is 24.4 Å². The minimum Gasteiger partial charge on any atom is -0.399 e. The number of likely N-dealkylation sites (N-methyl/N-ethyl adjacent to an activating group) is 1. The highest BCUT2D eigenvalue weighted by atomic mass is 79.9. The highest BCUT2D eigenvalue weighted by molar-refractivity contribution is 9.10. The molecular formula is C20H24BrClN2O. The smallest absolute Gasteiger partial charge is 0.222 e. The second kappa shape index (κ2) is 8.24. The molecule has 1 aliphatic rings. The van der Waals surface area contributed by atoms with Crippen molar-refractivity contribution in [3.8, 4) is 0 Å². The van der Waals surface area contributed by atoms with E-state index in [-0.39, 0.29) is 23.7 Å². The largest absolute Gasteiger partial charge is 0.399 e. The van der Waals surface area contributed by atoms with Crippen LogP contribution in [-0.2, 0) is 16.6 Å². The van der Waals surface area contributed by atoms with Gasteiger partial charge in [0.15, 0.2) is 0 Å². The van der Waals surface area contributed by atoms with Gasteiger partial charge in [0.2, 0.25) is 5.91 Å². The van der Waals surface area contributed by atoms with E-state index >= 15 is 0 Å². The third-order valence-electron chi connectivity index (χ3n) is 4.94. The number of amides is 1. The highest BCUT2D eigenvalue weighted by Crippen LogP contribution is 2.48. The van der Waals surface area contributed by atoms with E-state index in [1.807, 2.05) is 36.2 Å². The lowest BCUT2D eigenvalue weighted by atomic mass is 9.95. The van der Waals surface area contributed by atoms with Gasteiger partial charge >= 0.3 is 0 Å². The molecular weight excluding hydrogens is 400 g/mol. The quantitative estimate of drug-likeness (QED) is 0.691. The third-order valence-corrected chi connectivity index (χ3v) is 5.47. The van der Waals surface area contributed by atoms with E-state index in [2.05, 4.69) is 40.2 Å². The number of aryl methyl sites for hydroxylation is 1. The Morgan fingerprint density at radius 1 is 1.16 bits per heavy atom. The zero-order chi connectivity index (χ0) is 17.2. The number of hydrogen-bond acceptors (Lipinski definition) is 2. The van der Waals surface area contributed by atoms with Crippen molar-refractivity contribution < 1.29 is 4.79 Å². The molecule has 0 aliphatic heterocycles. The molecule has 3 nitrogen and oxygen atoms in total. The maximum Gasteiger partial charge on any atom is 0.222 e. The van der Waals surface area contributed by atoms with Gasteiger partial charge in [-0.2, -0.15) is 0 Å². The first-order valence-electron chi connectivity index (χ1n) is 8.34. The summed E-state index contributed by atoms with van der Waals surface area (Å²) in [7, 11) is 1.91. The highest BCUT2D eigenvalue weighted by Gasteiger charge is 2.45. The summed E-state index contributed by atoms with van der Waals surface area (Å²) < 4.78 is 1.09. The minimum absolute atomic E-state index is 0. The third kappa shape index (κ3) is 4.77. The fraction of sp³-hybridized carbons (Fsp3) is 0.350. The molecule has 2 aromatic rings. The van der Waals surface area contributed by atoms with Gasteiger partial charge in [-0.25, -0.2) is 0 Å². The van der Waals surface area contributed by atoms with Gasteiger partial charge in [0.1, 0.15) is 0 Å². The molecule has 0 radical (unpaired) electrons. The molecule has 0 atom stereocenters. The van der Waals surface area contributed by atoms with Crippen LogP contribution >= 0.6 is 28.3 Å². The SMILES string of the molecule is CN(CC1(c2ccc(Br)cc2)CC1)C(=O)CCc1ccccc1N.Cl. The van der Waals surface area contributed by atoms with Gasteiger partial charge in [0, 0.05) is 35.6 Å². The topological polar surface area (TPSA) is 46.3 Å². The lowest BCUT2D eigenvalue weighted by Gasteiger charge is -2.24. The summed E-state index contributed by atoms with van der Waals surface area (Å²) in [6.07, 6.45) is 3.50. The Bertz CT molecular complexity index is 729. The van der Waals surface area contributed by atoms with Crippen LogP contribution in [0.3, 0.4) is 0 Å². The molecule has 0 bridgehead atoms. The van der Waals surface area contributed by atoms with Crippen LogP contribution < -0.4 is 5.73 Å². The summed E-state index contributed by atoms with van der Waals surface area (Å²) in [6, 6.07) is 16.3. The second-order valence-electron chi connectivity index (χ2n) is 6.74. The van der Waals surface area contributed by atoms with Gasteiger partial charge < -0.3 is 10.6 Å². The Morgan fingerprint density at radius 3 is 2.40 bits per heavy atom. The molecule has 1 aliphatic carbocycles. The fourth-order valence-electron chi connectivity index (χ4n) is 3.23. The normalized spacial score (nSPS) is 14.5. The lowest BCUT2D eigenvalue weighted by molar-refractivity contribution is -0.130. The molecule has 2 N–H and O–H groups in total. The molecule has 2 aromatic carbocycles. The van der Waals surface area contributed by atoms with Crippen LogP contribution in [0.5, 0.6) is 0 Å². The van der Waals surface area contributed by atoms with Crippen LogP contribution in [0.2, 0.25) is 0 Å². The van der Waals surface area contributed by atoms with Crippen LogP contribution in [0.4, 0.5) is 5.69 Å². The summed E-state index contributed by atoms with van der Waals surface area (Å²) in [5.41, 5.74) is 9.25. The van der Waals surface area contributed by atoms with Crippen molar-refractivity contribution in [1.29, 1.82) is 0 Å². The molecule has 0 spiro atoms. The zero-order valence-corrected chi connectivity index (χ0v) is 16.8. The van der Waals surface area contributed by atoms with E-state index in [0.717, 1.165) is 35.1 Å². The Morgan fingerprint density at radius 2 is 1.80 bits per heavy atom. The Hall–Kier alpha value is -1.52. The van der Waals surface area contributed by atoms with Crippen molar-refractivity contribution in [1.82, 2.24) is 4.90 Å². The summed E-state index contributed by atoms with van der Waals surface area (Å²) in [5.74, 6) is 0.182. The first-order chi connectivity index (χ1) is 11.5. The number of para-hydroxylation sites is 1. The van der Waals surface area contributed by atoms with Gasteiger partial charge in [-0.1, -0.05) is 46.3 Å².